The summed E-state index contributed by atoms with van der Waals surface area (Å²) in [5.74, 6) is 1.84. The number of amides is 1. The highest BCUT2D eigenvalue weighted by Gasteiger charge is 2.17. The molecule has 9 heteroatoms. The van der Waals surface area contributed by atoms with E-state index in [1.807, 2.05) is 65.2 Å². The van der Waals surface area contributed by atoms with E-state index in [1.165, 1.54) is 18.0 Å². The lowest BCUT2D eigenvalue weighted by molar-refractivity contribution is -0.118. The summed E-state index contributed by atoms with van der Waals surface area (Å²) in [6.07, 6.45) is 1.52. The van der Waals surface area contributed by atoms with E-state index in [9.17, 15) is 4.79 Å². The van der Waals surface area contributed by atoms with Crippen LogP contribution in [0.2, 0.25) is 0 Å². The van der Waals surface area contributed by atoms with E-state index in [0.29, 0.717) is 28.0 Å². The monoisotopic (exact) mass is 473 g/mol. The molecule has 0 aliphatic heterocycles. The normalized spacial score (nSPS) is 10.9. The average Bonchev–Trinajstić information content (AvgIpc) is 3.32. The van der Waals surface area contributed by atoms with Gasteiger partial charge in [0, 0.05) is 16.8 Å². The summed E-state index contributed by atoms with van der Waals surface area (Å²) in [6.45, 7) is 0. The zero-order chi connectivity index (χ0) is 23.8. The molecule has 0 spiro atoms. The Hall–Kier alpha value is -4.11. The van der Waals surface area contributed by atoms with Crippen LogP contribution in [0.5, 0.6) is 11.5 Å². The summed E-state index contributed by atoms with van der Waals surface area (Å²) in [6, 6.07) is 25.0. The van der Waals surface area contributed by atoms with Gasteiger partial charge >= 0.3 is 0 Å². The van der Waals surface area contributed by atoms with Gasteiger partial charge in [-0.2, -0.15) is 5.10 Å². The molecule has 1 heterocycles. The maximum Gasteiger partial charge on any atom is 0.250 e. The summed E-state index contributed by atoms with van der Waals surface area (Å²) in [5.41, 5.74) is 5.08. The van der Waals surface area contributed by atoms with Crippen LogP contribution in [-0.4, -0.2) is 46.9 Å². The number of ether oxygens (including phenoxy) is 2. The molecule has 1 aromatic heterocycles. The number of nitrogens with zero attached hydrogens (tertiary/aromatic N) is 4. The molecular formula is C25H23N5O3S. The zero-order valence-corrected chi connectivity index (χ0v) is 19.5. The Bertz CT molecular complexity index is 1280. The van der Waals surface area contributed by atoms with Crippen molar-refractivity contribution in [1.29, 1.82) is 0 Å². The standard InChI is InChI=1S/C25H23N5O3S/c1-32-21-13-14-22(33-2)19(15-21)16-26-27-23(31)17-34-25-29-28-24(18-9-5-3-6-10-18)30(25)20-11-7-4-8-12-20/h3-16H,17H2,1-2H3,(H,27,31)/b26-16+. The van der Waals surface area contributed by atoms with Crippen molar-refractivity contribution in [3.8, 4) is 28.6 Å². The quantitative estimate of drug-likeness (QED) is 0.223. The molecular weight excluding hydrogens is 450 g/mol. The zero-order valence-electron chi connectivity index (χ0n) is 18.7. The first-order valence-corrected chi connectivity index (χ1v) is 11.4. The maximum atomic E-state index is 12.4. The van der Waals surface area contributed by atoms with Crippen molar-refractivity contribution in [3.05, 3.63) is 84.4 Å². The van der Waals surface area contributed by atoms with Gasteiger partial charge in [0.2, 0.25) is 0 Å². The lowest BCUT2D eigenvalue weighted by Gasteiger charge is -2.10. The van der Waals surface area contributed by atoms with E-state index in [4.69, 9.17) is 9.47 Å². The average molecular weight is 474 g/mol. The lowest BCUT2D eigenvalue weighted by atomic mass is 10.2. The molecule has 0 aliphatic carbocycles. The van der Waals surface area contributed by atoms with Gasteiger partial charge in [0.15, 0.2) is 11.0 Å². The van der Waals surface area contributed by atoms with Gasteiger partial charge in [-0.25, -0.2) is 5.43 Å². The third kappa shape index (κ3) is 5.44. The maximum absolute atomic E-state index is 12.4. The van der Waals surface area contributed by atoms with Crippen molar-refractivity contribution < 1.29 is 14.3 Å². The van der Waals surface area contributed by atoms with Crippen molar-refractivity contribution in [3.63, 3.8) is 0 Å². The van der Waals surface area contributed by atoms with Crippen LogP contribution in [0.3, 0.4) is 0 Å². The number of carbonyl (C=O) groups excluding carboxylic acids is 1. The molecule has 4 aromatic rings. The van der Waals surface area contributed by atoms with Crippen LogP contribution in [0.4, 0.5) is 0 Å². The van der Waals surface area contributed by atoms with Crippen LogP contribution in [0.15, 0.2) is 89.1 Å². The number of thioether (sulfide) groups is 1. The Kier molecular flexibility index (Phi) is 7.56. The summed E-state index contributed by atoms with van der Waals surface area (Å²) in [5, 5.41) is 13.4. The van der Waals surface area contributed by atoms with Gasteiger partial charge in [0.1, 0.15) is 11.5 Å². The molecule has 1 amide bonds. The summed E-state index contributed by atoms with van der Waals surface area (Å²) in [4.78, 5) is 12.4. The van der Waals surface area contributed by atoms with Gasteiger partial charge in [-0.15, -0.1) is 10.2 Å². The number of para-hydroxylation sites is 1. The molecule has 3 aromatic carbocycles. The van der Waals surface area contributed by atoms with E-state index in [0.717, 1.165) is 11.3 Å². The molecule has 4 rings (SSSR count). The van der Waals surface area contributed by atoms with Gasteiger partial charge < -0.3 is 9.47 Å². The van der Waals surface area contributed by atoms with Crippen LogP contribution in [0.25, 0.3) is 17.1 Å². The SMILES string of the molecule is COc1ccc(OC)c(/C=N/NC(=O)CSc2nnc(-c3ccccc3)n2-c2ccccc2)c1. The molecule has 8 nitrogen and oxygen atoms in total. The van der Waals surface area contributed by atoms with Crippen molar-refractivity contribution >= 4 is 23.9 Å². The molecule has 0 bridgehead atoms. The van der Waals surface area contributed by atoms with Crippen molar-refractivity contribution in [2.24, 2.45) is 5.10 Å². The number of aromatic nitrogens is 3. The number of carbonyl (C=O) groups is 1. The second-order valence-corrected chi connectivity index (χ2v) is 7.98. The smallest absolute Gasteiger partial charge is 0.250 e. The van der Waals surface area contributed by atoms with Gasteiger partial charge in [0.05, 0.1) is 26.2 Å². The number of rotatable bonds is 9. The second kappa shape index (κ2) is 11.2. The highest BCUT2D eigenvalue weighted by atomic mass is 32.2. The van der Waals surface area contributed by atoms with E-state index in [1.54, 1.807) is 32.4 Å². The third-order valence-corrected chi connectivity index (χ3v) is 5.77. The topological polar surface area (TPSA) is 90.6 Å². The predicted molar refractivity (Wildman–Crippen MR) is 133 cm³/mol. The Morgan fingerprint density at radius 1 is 1.00 bits per heavy atom. The van der Waals surface area contributed by atoms with E-state index in [-0.39, 0.29) is 11.7 Å². The fourth-order valence-corrected chi connectivity index (χ4v) is 3.97. The summed E-state index contributed by atoms with van der Waals surface area (Å²) in [7, 11) is 3.15. The second-order valence-electron chi connectivity index (χ2n) is 7.03. The number of nitrogens with one attached hydrogen (secondary N) is 1. The summed E-state index contributed by atoms with van der Waals surface area (Å²) >= 11 is 1.28. The number of methoxy groups -OCH3 is 2. The van der Waals surface area contributed by atoms with Crippen LogP contribution >= 0.6 is 11.8 Å². The van der Waals surface area contributed by atoms with Gasteiger partial charge in [-0.1, -0.05) is 60.3 Å². The Labute approximate surface area is 201 Å². The molecule has 0 aliphatic rings. The Morgan fingerprint density at radius 2 is 1.74 bits per heavy atom. The van der Waals surface area contributed by atoms with Gasteiger partial charge in [0.25, 0.3) is 5.91 Å². The van der Waals surface area contributed by atoms with Gasteiger partial charge in [-0.05, 0) is 30.3 Å². The number of benzene rings is 3. The van der Waals surface area contributed by atoms with Crippen LogP contribution in [-0.2, 0) is 4.79 Å². The van der Waals surface area contributed by atoms with Crippen molar-refractivity contribution in [1.82, 2.24) is 20.2 Å². The first kappa shape index (κ1) is 23.1. The van der Waals surface area contributed by atoms with Crippen LogP contribution in [0.1, 0.15) is 5.56 Å². The molecule has 0 saturated heterocycles. The molecule has 0 fully saturated rings. The van der Waals surface area contributed by atoms with Gasteiger partial charge in [-0.3, -0.25) is 9.36 Å². The predicted octanol–water partition coefficient (Wildman–Crippen LogP) is 4.19. The van der Waals surface area contributed by atoms with E-state index in [2.05, 4.69) is 20.7 Å². The Morgan fingerprint density at radius 3 is 2.44 bits per heavy atom. The molecule has 0 radical (unpaired) electrons. The highest BCUT2D eigenvalue weighted by Crippen LogP contribution is 2.27. The summed E-state index contributed by atoms with van der Waals surface area (Å²) < 4.78 is 12.5. The molecule has 34 heavy (non-hydrogen) atoms. The third-order valence-electron chi connectivity index (χ3n) is 4.84. The highest BCUT2D eigenvalue weighted by molar-refractivity contribution is 7.99. The lowest BCUT2D eigenvalue weighted by Crippen LogP contribution is -2.20. The molecule has 0 atom stereocenters. The Balaban J connectivity index is 1.47. The molecule has 172 valence electrons. The number of hydrogen-bond acceptors (Lipinski definition) is 7. The minimum absolute atomic E-state index is 0.117. The number of hydrogen-bond donors (Lipinski definition) is 1. The fourth-order valence-electron chi connectivity index (χ4n) is 3.22. The first-order chi connectivity index (χ1) is 16.7. The number of hydrazone groups is 1. The minimum Gasteiger partial charge on any atom is -0.497 e. The van der Waals surface area contributed by atoms with E-state index >= 15 is 0 Å². The fraction of sp³-hybridized carbons (Fsp3) is 0.120. The minimum atomic E-state index is -0.271. The van der Waals surface area contributed by atoms with E-state index < -0.39 is 0 Å². The van der Waals surface area contributed by atoms with Crippen molar-refractivity contribution in [2.45, 2.75) is 5.16 Å². The largest absolute Gasteiger partial charge is 0.497 e. The molecule has 1 N–H and O–H groups in total. The molecule has 0 unspecified atom stereocenters. The van der Waals surface area contributed by atoms with Crippen LogP contribution < -0.4 is 14.9 Å². The van der Waals surface area contributed by atoms with Crippen molar-refractivity contribution in [2.75, 3.05) is 20.0 Å². The molecule has 0 saturated carbocycles. The van der Waals surface area contributed by atoms with Crippen LogP contribution in [0, 0.1) is 0 Å². The first-order valence-electron chi connectivity index (χ1n) is 10.4.